The highest BCUT2D eigenvalue weighted by Gasteiger charge is 2.47. The number of hydrogen-bond donors (Lipinski definition) is 1. The third kappa shape index (κ3) is 2.58. The van der Waals surface area contributed by atoms with Gasteiger partial charge in [-0.2, -0.15) is 0 Å². The van der Waals surface area contributed by atoms with E-state index in [0.717, 1.165) is 29.8 Å². The van der Waals surface area contributed by atoms with Crippen LogP contribution in [-0.2, 0) is 0 Å². The fraction of sp³-hybridized carbons (Fsp3) is 0.571. The van der Waals surface area contributed by atoms with Crippen molar-refractivity contribution in [2.45, 2.75) is 31.3 Å². The summed E-state index contributed by atoms with van der Waals surface area (Å²) in [5.41, 5.74) is 0.0850. The van der Waals surface area contributed by atoms with Crippen LogP contribution >= 0.6 is 11.6 Å². The summed E-state index contributed by atoms with van der Waals surface area (Å²) < 4.78 is 6.15. The SMILES string of the molecule is Clc1ccccc1OC1(CC2CCNC2)CC1. The fourth-order valence-electron chi connectivity index (χ4n) is 2.66. The van der Waals surface area contributed by atoms with Crippen molar-refractivity contribution in [3.8, 4) is 5.75 Å². The number of benzene rings is 1. The Morgan fingerprint density at radius 3 is 2.82 bits per heavy atom. The normalized spacial score (nSPS) is 25.8. The summed E-state index contributed by atoms with van der Waals surface area (Å²) in [6.07, 6.45) is 4.81. The minimum atomic E-state index is 0.0850. The van der Waals surface area contributed by atoms with Gasteiger partial charge in [0, 0.05) is 0 Å². The molecular formula is C14H18ClNO. The van der Waals surface area contributed by atoms with Crippen molar-refractivity contribution in [1.82, 2.24) is 5.32 Å². The van der Waals surface area contributed by atoms with Crippen LogP contribution in [-0.4, -0.2) is 18.7 Å². The lowest BCUT2D eigenvalue weighted by molar-refractivity contribution is 0.148. The Labute approximate surface area is 107 Å². The molecule has 0 radical (unpaired) electrons. The molecule has 1 heterocycles. The van der Waals surface area contributed by atoms with Gasteiger partial charge in [0.2, 0.25) is 0 Å². The van der Waals surface area contributed by atoms with Gasteiger partial charge >= 0.3 is 0 Å². The van der Waals surface area contributed by atoms with E-state index in [1.807, 2.05) is 24.3 Å². The molecule has 2 aliphatic rings. The van der Waals surface area contributed by atoms with Crippen molar-refractivity contribution in [2.24, 2.45) is 5.92 Å². The average molecular weight is 252 g/mol. The van der Waals surface area contributed by atoms with Gasteiger partial charge in [0.25, 0.3) is 0 Å². The van der Waals surface area contributed by atoms with E-state index in [0.29, 0.717) is 0 Å². The van der Waals surface area contributed by atoms with Crippen LogP contribution < -0.4 is 10.1 Å². The molecule has 1 saturated carbocycles. The number of ether oxygens (including phenoxy) is 1. The van der Waals surface area contributed by atoms with Crippen molar-refractivity contribution in [2.75, 3.05) is 13.1 Å². The van der Waals surface area contributed by atoms with Crippen LogP contribution in [0.3, 0.4) is 0 Å². The zero-order valence-corrected chi connectivity index (χ0v) is 10.7. The monoisotopic (exact) mass is 251 g/mol. The Hall–Kier alpha value is -0.730. The van der Waals surface area contributed by atoms with E-state index in [-0.39, 0.29) is 5.60 Å². The molecule has 0 spiro atoms. The van der Waals surface area contributed by atoms with Crippen LogP contribution in [0.25, 0.3) is 0 Å². The van der Waals surface area contributed by atoms with E-state index < -0.39 is 0 Å². The highest BCUT2D eigenvalue weighted by Crippen LogP contribution is 2.47. The Kier molecular flexibility index (Phi) is 3.01. The first-order chi connectivity index (χ1) is 8.27. The molecule has 0 aromatic heterocycles. The van der Waals surface area contributed by atoms with E-state index in [4.69, 9.17) is 16.3 Å². The second-order valence-corrected chi connectivity index (χ2v) is 5.69. The standard InChI is InChI=1S/C14H18ClNO/c15-12-3-1-2-4-13(12)17-14(6-7-14)9-11-5-8-16-10-11/h1-4,11,16H,5-10H2. The van der Waals surface area contributed by atoms with Crippen LogP contribution in [0.2, 0.25) is 5.02 Å². The van der Waals surface area contributed by atoms with Crippen molar-refractivity contribution in [1.29, 1.82) is 0 Å². The Morgan fingerprint density at radius 1 is 1.35 bits per heavy atom. The number of rotatable bonds is 4. The van der Waals surface area contributed by atoms with Crippen molar-refractivity contribution in [3.05, 3.63) is 29.3 Å². The summed E-state index contributed by atoms with van der Waals surface area (Å²) in [6.45, 7) is 2.31. The molecule has 2 fully saturated rings. The molecule has 1 aliphatic heterocycles. The molecule has 17 heavy (non-hydrogen) atoms. The van der Waals surface area contributed by atoms with E-state index in [1.54, 1.807) is 0 Å². The van der Waals surface area contributed by atoms with Crippen LogP contribution in [0.1, 0.15) is 25.7 Å². The minimum absolute atomic E-state index is 0.0850. The van der Waals surface area contributed by atoms with Crippen LogP contribution in [0, 0.1) is 5.92 Å². The van der Waals surface area contributed by atoms with Crippen molar-refractivity contribution >= 4 is 11.6 Å². The maximum absolute atomic E-state index is 6.15. The number of halogens is 1. The van der Waals surface area contributed by atoms with Gasteiger partial charge in [-0.25, -0.2) is 0 Å². The van der Waals surface area contributed by atoms with Gasteiger partial charge in [-0.1, -0.05) is 23.7 Å². The van der Waals surface area contributed by atoms with Gasteiger partial charge in [0.1, 0.15) is 11.4 Å². The minimum Gasteiger partial charge on any atom is -0.486 e. The first-order valence-electron chi connectivity index (χ1n) is 6.42. The molecule has 1 N–H and O–H groups in total. The predicted octanol–water partition coefficient (Wildman–Crippen LogP) is 3.25. The van der Waals surface area contributed by atoms with Crippen molar-refractivity contribution < 1.29 is 4.74 Å². The molecule has 1 unspecified atom stereocenters. The summed E-state index contributed by atoms with van der Waals surface area (Å²) in [5.74, 6) is 1.62. The quantitative estimate of drug-likeness (QED) is 0.887. The lowest BCUT2D eigenvalue weighted by Gasteiger charge is -2.21. The third-order valence-electron chi connectivity index (χ3n) is 3.79. The second-order valence-electron chi connectivity index (χ2n) is 5.28. The topological polar surface area (TPSA) is 21.3 Å². The van der Waals surface area contributed by atoms with Crippen molar-refractivity contribution in [3.63, 3.8) is 0 Å². The van der Waals surface area contributed by atoms with E-state index in [9.17, 15) is 0 Å². The molecule has 1 aromatic rings. The second kappa shape index (κ2) is 4.51. The summed E-state index contributed by atoms with van der Waals surface area (Å²) in [6, 6.07) is 7.78. The zero-order chi connectivity index (χ0) is 11.7. The Morgan fingerprint density at radius 2 is 2.18 bits per heavy atom. The summed E-state index contributed by atoms with van der Waals surface area (Å²) in [4.78, 5) is 0. The largest absolute Gasteiger partial charge is 0.486 e. The van der Waals surface area contributed by atoms with E-state index in [1.165, 1.54) is 25.7 Å². The molecular weight excluding hydrogens is 234 g/mol. The van der Waals surface area contributed by atoms with Crippen LogP contribution in [0.15, 0.2) is 24.3 Å². The van der Waals surface area contributed by atoms with Gasteiger partial charge in [0.15, 0.2) is 0 Å². The maximum Gasteiger partial charge on any atom is 0.138 e. The highest BCUT2D eigenvalue weighted by molar-refractivity contribution is 6.32. The van der Waals surface area contributed by atoms with Gasteiger partial charge < -0.3 is 10.1 Å². The molecule has 1 saturated heterocycles. The molecule has 2 nitrogen and oxygen atoms in total. The van der Waals surface area contributed by atoms with Crippen LogP contribution in [0.5, 0.6) is 5.75 Å². The lowest BCUT2D eigenvalue weighted by atomic mass is 9.99. The third-order valence-corrected chi connectivity index (χ3v) is 4.11. The first-order valence-corrected chi connectivity index (χ1v) is 6.80. The van der Waals surface area contributed by atoms with Gasteiger partial charge in [-0.15, -0.1) is 0 Å². The molecule has 3 rings (SSSR count). The van der Waals surface area contributed by atoms with E-state index in [2.05, 4.69) is 5.32 Å². The molecule has 0 bridgehead atoms. The van der Waals surface area contributed by atoms with Gasteiger partial charge in [-0.3, -0.25) is 0 Å². The maximum atomic E-state index is 6.15. The molecule has 3 heteroatoms. The number of nitrogens with one attached hydrogen (secondary N) is 1. The molecule has 0 amide bonds. The fourth-order valence-corrected chi connectivity index (χ4v) is 2.84. The van der Waals surface area contributed by atoms with E-state index >= 15 is 0 Å². The Balaban J connectivity index is 1.66. The summed E-state index contributed by atoms with van der Waals surface area (Å²) in [5, 5.41) is 4.14. The molecule has 92 valence electrons. The lowest BCUT2D eigenvalue weighted by Crippen LogP contribution is -2.23. The molecule has 1 atom stereocenters. The summed E-state index contributed by atoms with van der Waals surface area (Å²) >= 11 is 6.14. The average Bonchev–Trinajstić information content (AvgIpc) is 2.87. The summed E-state index contributed by atoms with van der Waals surface area (Å²) in [7, 11) is 0. The zero-order valence-electron chi connectivity index (χ0n) is 9.92. The number of para-hydroxylation sites is 1. The number of hydrogen-bond acceptors (Lipinski definition) is 2. The Bertz CT molecular complexity index is 397. The first kappa shape index (κ1) is 11.4. The predicted molar refractivity (Wildman–Crippen MR) is 69.6 cm³/mol. The van der Waals surface area contributed by atoms with Gasteiger partial charge in [-0.05, 0) is 56.8 Å². The highest BCUT2D eigenvalue weighted by atomic mass is 35.5. The molecule has 1 aliphatic carbocycles. The molecule has 1 aromatic carbocycles. The van der Waals surface area contributed by atoms with Crippen LogP contribution in [0.4, 0.5) is 0 Å². The van der Waals surface area contributed by atoms with Gasteiger partial charge in [0.05, 0.1) is 5.02 Å². The smallest absolute Gasteiger partial charge is 0.138 e.